The van der Waals surface area contributed by atoms with Crippen LogP contribution in [0.3, 0.4) is 0 Å². The minimum Gasteiger partial charge on any atom is -0.331 e. The topological polar surface area (TPSA) is 66.9 Å². The highest BCUT2D eigenvalue weighted by molar-refractivity contribution is 7.71. The normalized spacial score (nSPS) is 12.7. The van der Waals surface area contributed by atoms with Crippen LogP contribution >= 0.6 is 23.8 Å². The van der Waals surface area contributed by atoms with Gasteiger partial charge in [0.05, 0.1) is 21.6 Å². The molecule has 5 rings (SSSR count). The Bertz CT molecular complexity index is 1530. The van der Waals surface area contributed by atoms with Crippen LogP contribution in [-0.4, -0.2) is 15.5 Å². The fourth-order valence-corrected chi connectivity index (χ4v) is 4.54. The fraction of sp³-hybridized carbons (Fsp3) is 0.125. The lowest BCUT2D eigenvalue weighted by molar-refractivity contribution is 0.102. The molecule has 0 atom stereocenters. The highest BCUT2D eigenvalue weighted by Crippen LogP contribution is 2.25. The number of hydrogen-bond donors (Lipinski definition) is 2. The van der Waals surface area contributed by atoms with Crippen molar-refractivity contribution in [2.75, 3.05) is 5.32 Å². The molecule has 8 heteroatoms. The van der Waals surface area contributed by atoms with Crippen LogP contribution in [0.2, 0.25) is 5.02 Å². The summed E-state index contributed by atoms with van der Waals surface area (Å²) in [7, 11) is 0. The zero-order valence-electron chi connectivity index (χ0n) is 16.7. The van der Waals surface area contributed by atoms with E-state index in [0.717, 1.165) is 24.9 Å². The molecule has 1 aliphatic rings. The second kappa shape index (κ2) is 8.00. The van der Waals surface area contributed by atoms with Gasteiger partial charge in [0, 0.05) is 11.3 Å². The third kappa shape index (κ3) is 3.63. The third-order valence-corrected chi connectivity index (χ3v) is 6.25. The largest absolute Gasteiger partial charge is 0.331 e. The summed E-state index contributed by atoms with van der Waals surface area (Å²) in [5.41, 5.74) is 4.14. The Balaban J connectivity index is 1.50. The molecule has 4 aromatic rings. The molecule has 160 valence electrons. The predicted octanol–water partition coefficient (Wildman–Crippen LogP) is 5.58. The van der Waals surface area contributed by atoms with E-state index < -0.39 is 11.4 Å². The quantitative estimate of drug-likeness (QED) is 0.388. The van der Waals surface area contributed by atoms with Crippen molar-refractivity contribution in [3.8, 4) is 5.69 Å². The molecular formula is C24H17ClFN3O2S. The van der Waals surface area contributed by atoms with E-state index in [4.69, 9.17) is 23.8 Å². The lowest BCUT2D eigenvalue weighted by atomic mass is 10.1. The molecule has 0 saturated carbocycles. The number of nitrogens with one attached hydrogen (secondary N) is 2. The molecular weight excluding hydrogens is 449 g/mol. The minimum absolute atomic E-state index is 0.109. The van der Waals surface area contributed by atoms with Crippen LogP contribution in [-0.2, 0) is 12.8 Å². The van der Waals surface area contributed by atoms with Gasteiger partial charge in [0.25, 0.3) is 11.5 Å². The number of aromatic nitrogens is 2. The van der Waals surface area contributed by atoms with Crippen molar-refractivity contribution in [3.05, 3.63) is 97.3 Å². The Kier molecular flexibility index (Phi) is 5.15. The van der Waals surface area contributed by atoms with Gasteiger partial charge in [-0.3, -0.25) is 14.2 Å². The van der Waals surface area contributed by atoms with Gasteiger partial charge in [0.15, 0.2) is 4.77 Å². The summed E-state index contributed by atoms with van der Waals surface area (Å²) >= 11 is 11.2. The lowest BCUT2D eigenvalue weighted by Gasteiger charge is -2.11. The summed E-state index contributed by atoms with van der Waals surface area (Å²) in [5, 5.41) is 3.15. The van der Waals surface area contributed by atoms with E-state index in [1.165, 1.54) is 33.9 Å². The van der Waals surface area contributed by atoms with Crippen molar-refractivity contribution in [3.63, 3.8) is 0 Å². The maximum absolute atomic E-state index is 13.5. The average Bonchev–Trinajstić information content (AvgIpc) is 3.23. The number of aromatic amines is 1. The predicted molar refractivity (Wildman–Crippen MR) is 126 cm³/mol. The molecule has 0 saturated heterocycles. The number of aryl methyl sites for hydroxylation is 2. The Morgan fingerprint density at radius 2 is 1.88 bits per heavy atom. The Labute approximate surface area is 192 Å². The monoisotopic (exact) mass is 465 g/mol. The van der Waals surface area contributed by atoms with E-state index in [-0.39, 0.29) is 15.7 Å². The van der Waals surface area contributed by atoms with Crippen molar-refractivity contribution >= 4 is 46.3 Å². The first kappa shape index (κ1) is 20.6. The second-order valence-corrected chi connectivity index (χ2v) is 8.51. The number of rotatable bonds is 3. The number of H-pyrrole nitrogens is 1. The van der Waals surface area contributed by atoms with Gasteiger partial charge in [-0.2, -0.15) is 0 Å². The van der Waals surface area contributed by atoms with Crippen molar-refractivity contribution < 1.29 is 9.18 Å². The number of halogens is 2. The van der Waals surface area contributed by atoms with Gasteiger partial charge in [-0.05, 0) is 91.1 Å². The molecule has 2 N–H and O–H groups in total. The molecule has 0 aliphatic heterocycles. The van der Waals surface area contributed by atoms with Crippen LogP contribution in [0.1, 0.15) is 27.9 Å². The third-order valence-electron chi connectivity index (χ3n) is 5.68. The van der Waals surface area contributed by atoms with Crippen LogP contribution in [0.25, 0.3) is 16.6 Å². The smallest absolute Gasteiger partial charge is 0.266 e. The highest BCUT2D eigenvalue weighted by atomic mass is 35.5. The average molecular weight is 466 g/mol. The van der Waals surface area contributed by atoms with Gasteiger partial charge in [0.1, 0.15) is 5.82 Å². The van der Waals surface area contributed by atoms with E-state index in [2.05, 4.69) is 16.4 Å². The molecule has 1 aromatic heterocycles. The number of nitrogens with zero attached hydrogens (tertiary/aromatic N) is 1. The van der Waals surface area contributed by atoms with Gasteiger partial charge in [-0.15, -0.1) is 0 Å². The van der Waals surface area contributed by atoms with Gasteiger partial charge in [0.2, 0.25) is 0 Å². The zero-order chi connectivity index (χ0) is 22.4. The second-order valence-electron chi connectivity index (χ2n) is 7.72. The van der Waals surface area contributed by atoms with Gasteiger partial charge >= 0.3 is 0 Å². The summed E-state index contributed by atoms with van der Waals surface area (Å²) < 4.78 is 14.9. The van der Waals surface area contributed by atoms with Crippen LogP contribution in [0.15, 0.2) is 59.4 Å². The Hall–Kier alpha value is -3.29. The summed E-state index contributed by atoms with van der Waals surface area (Å²) in [5.74, 6) is -0.864. The zero-order valence-corrected chi connectivity index (χ0v) is 18.3. The van der Waals surface area contributed by atoms with E-state index in [9.17, 15) is 14.0 Å². The van der Waals surface area contributed by atoms with E-state index >= 15 is 0 Å². The molecule has 5 nitrogen and oxygen atoms in total. The number of amides is 1. The standard InChI is InChI=1S/C24H17ClFN3O2S/c25-19-12-17(7-9-20(19)26)29-23(31)18-8-5-15(11-21(18)28-24(29)32)22(30)27-16-6-4-13-2-1-3-14(13)10-16/h4-12H,1-3H2,(H,27,30)(H,28,32). The Morgan fingerprint density at radius 3 is 2.69 bits per heavy atom. The first-order valence-corrected chi connectivity index (χ1v) is 10.9. The molecule has 3 aromatic carbocycles. The van der Waals surface area contributed by atoms with Crippen LogP contribution in [0.5, 0.6) is 0 Å². The molecule has 1 aliphatic carbocycles. The summed E-state index contributed by atoms with van der Waals surface area (Å²) in [6, 6.07) is 14.7. The summed E-state index contributed by atoms with van der Waals surface area (Å²) in [6.45, 7) is 0. The van der Waals surface area contributed by atoms with Crippen LogP contribution in [0, 0.1) is 10.6 Å². The van der Waals surface area contributed by atoms with E-state index in [1.807, 2.05) is 12.1 Å². The fourth-order valence-electron chi connectivity index (χ4n) is 4.07. The number of carbonyl (C=O) groups is 1. The first-order valence-electron chi connectivity index (χ1n) is 10.1. The maximum atomic E-state index is 13.5. The maximum Gasteiger partial charge on any atom is 0.266 e. The highest BCUT2D eigenvalue weighted by Gasteiger charge is 2.15. The Morgan fingerprint density at radius 1 is 1.06 bits per heavy atom. The van der Waals surface area contributed by atoms with Crippen molar-refractivity contribution in [1.29, 1.82) is 0 Å². The number of anilines is 1. The summed E-state index contributed by atoms with van der Waals surface area (Å²) in [4.78, 5) is 28.9. The summed E-state index contributed by atoms with van der Waals surface area (Å²) in [6.07, 6.45) is 3.24. The van der Waals surface area contributed by atoms with Crippen LogP contribution < -0.4 is 10.9 Å². The molecule has 0 radical (unpaired) electrons. The molecule has 0 unspecified atom stereocenters. The SMILES string of the molecule is O=C(Nc1ccc2c(c1)CCC2)c1ccc2c(=O)n(-c3ccc(F)c(Cl)c3)c(=S)[nH]c2c1. The molecule has 1 amide bonds. The molecule has 1 heterocycles. The van der Waals surface area contributed by atoms with Crippen molar-refractivity contribution in [2.45, 2.75) is 19.3 Å². The first-order chi connectivity index (χ1) is 15.4. The molecule has 32 heavy (non-hydrogen) atoms. The number of benzene rings is 3. The van der Waals surface area contributed by atoms with E-state index in [0.29, 0.717) is 22.2 Å². The van der Waals surface area contributed by atoms with Gasteiger partial charge in [-0.25, -0.2) is 4.39 Å². The van der Waals surface area contributed by atoms with Crippen molar-refractivity contribution in [1.82, 2.24) is 9.55 Å². The van der Waals surface area contributed by atoms with E-state index in [1.54, 1.807) is 18.2 Å². The lowest BCUT2D eigenvalue weighted by Crippen LogP contribution is -2.21. The van der Waals surface area contributed by atoms with Gasteiger partial charge < -0.3 is 10.3 Å². The van der Waals surface area contributed by atoms with Crippen molar-refractivity contribution in [2.24, 2.45) is 0 Å². The number of carbonyl (C=O) groups excluding carboxylic acids is 1. The minimum atomic E-state index is -0.585. The molecule has 0 bridgehead atoms. The number of fused-ring (bicyclic) bond motifs is 2. The van der Waals surface area contributed by atoms with Crippen LogP contribution in [0.4, 0.5) is 10.1 Å². The molecule has 0 fully saturated rings. The number of hydrogen-bond acceptors (Lipinski definition) is 3. The van der Waals surface area contributed by atoms with Gasteiger partial charge in [-0.1, -0.05) is 17.7 Å². The molecule has 0 spiro atoms.